The molecule has 0 radical (unpaired) electrons. The Morgan fingerprint density at radius 1 is 1.11 bits per heavy atom. The summed E-state index contributed by atoms with van der Waals surface area (Å²) >= 11 is 9.91. The normalized spacial score (nSPS) is 10.3. The van der Waals surface area contributed by atoms with Gasteiger partial charge in [0.2, 0.25) is 0 Å². The Hall–Kier alpha value is -0.850. The molecule has 0 spiro atoms. The van der Waals surface area contributed by atoms with Crippen LogP contribution >= 0.6 is 47.8 Å². The molecule has 0 unspecified atom stereocenters. The van der Waals surface area contributed by atoms with Crippen LogP contribution in [0.25, 0.3) is 0 Å². The van der Waals surface area contributed by atoms with E-state index < -0.39 is 0 Å². The summed E-state index contributed by atoms with van der Waals surface area (Å²) < 4.78 is 2.08. The van der Waals surface area contributed by atoms with Crippen molar-refractivity contribution in [1.82, 2.24) is 0 Å². The van der Waals surface area contributed by atoms with Crippen molar-refractivity contribution in [2.75, 3.05) is 5.32 Å². The fourth-order valence-electron chi connectivity index (χ4n) is 1.52. The Morgan fingerprint density at radius 3 is 2.53 bits per heavy atom. The number of phenolic OH excluding ortho intramolecular Hbond substituents is 1. The summed E-state index contributed by atoms with van der Waals surface area (Å²) in [7, 11) is 0. The Balaban J connectivity index is 2.33. The van der Waals surface area contributed by atoms with Crippen LogP contribution in [0.4, 0.5) is 5.69 Å². The zero-order valence-electron chi connectivity index (χ0n) is 9.45. The number of carbonyl (C=O) groups excluding carboxylic acids is 1. The Labute approximate surface area is 135 Å². The van der Waals surface area contributed by atoms with Gasteiger partial charge in [0.05, 0.1) is 5.56 Å². The molecule has 2 N–H and O–H groups in total. The number of aromatic hydroxyl groups is 1. The number of carbonyl (C=O) groups is 1. The summed E-state index contributed by atoms with van der Waals surface area (Å²) in [6.07, 6.45) is 0. The summed E-state index contributed by atoms with van der Waals surface area (Å²) in [5.41, 5.74) is 0.833. The molecular formula is C13H8Br3NO2. The predicted molar refractivity (Wildman–Crippen MR) is 85.6 cm³/mol. The molecule has 0 saturated heterocycles. The maximum absolute atomic E-state index is 12.2. The Bertz CT molecular complexity index is 644. The molecule has 1 amide bonds. The molecule has 0 fully saturated rings. The van der Waals surface area contributed by atoms with E-state index in [4.69, 9.17) is 0 Å². The molecule has 0 saturated carbocycles. The molecule has 98 valence electrons. The molecule has 3 nitrogen and oxygen atoms in total. The van der Waals surface area contributed by atoms with Crippen molar-refractivity contribution in [3.63, 3.8) is 0 Å². The lowest BCUT2D eigenvalue weighted by atomic mass is 10.2. The average Bonchev–Trinajstić information content (AvgIpc) is 2.34. The number of benzene rings is 2. The van der Waals surface area contributed by atoms with Crippen LogP contribution in [-0.2, 0) is 0 Å². The quantitative estimate of drug-likeness (QED) is 0.682. The number of halogens is 3. The highest BCUT2D eigenvalue weighted by atomic mass is 79.9. The fourth-order valence-corrected chi connectivity index (χ4v) is 2.76. The van der Waals surface area contributed by atoms with Crippen molar-refractivity contribution in [1.29, 1.82) is 0 Å². The lowest BCUT2D eigenvalue weighted by molar-refractivity contribution is 0.102. The minimum Gasteiger partial charge on any atom is -0.507 e. The second-order valence-corrected chi connectivity index (χ2v) is 6.28. The van der Waals surface area contributed by atoms with Gasteiger partial charge in [-0.25, -0.2) is 0 Å². The molecule has 0 bridgehead atoms. The molecular weight excluding hydrogens is 442 g/mol. The minimum absolute atomic E-state index is 0.0810. The van der Waals surface area contributed by atoms with Gasteiger partial charge in [-0.2, -0.15) is 0 Å². The van der Waals surface area contributed by atoms with Crippen LogP contribution in [0.15, 0.2) is 49.8 Å². The lowest BCUT2D eigenvalue weighted by Crippen LogP contribution is -2.13. The maximum atomic E-state index is 12.2. The number of phenols is 1. The predicted octanol–water partition coefficient (Wildman–Crippen LogP) is 4.93. The summed E-state index contributed by atoms with van der Waals surface area (Å²) in [6.45, 7) is 0. The Kier molecular flexibility index (Phi) is 4.65. The molecule has 0 aliphatic heterocycles. The van der Waals surface area contributed by atoms with Crippen LogP contribution in [0.3, 0.4) is 0 Å². The molecule has 6 heteroatoms. The Morgan fingerprint density at radius 2 is 1.84 bits per heavy atom. The number of nitrogens with one attached hydrogen (secondary N) is 1. The molecule has 0 atom stereocenters. The number of hydrogen-bond donors (Lipinski definition) is 2. The van der Waals surface area contributed by atoms with E-state index in [1.165, 1.54) is 6.07 Å². The number of anilines is 1. The minimum atomic E-state index is -0.385. The first-order valence-electron chi connectivity index (χ1n) is 5.23. The summed E-state index contributed by atoms with van der Waals surface area (Å²) in [5, 5.41) is 12.5. The van der Waals surface area contributed by atoms with Gasteiger partial charge < -0.3 is 10.4 Å². The van der Waals surface area contributed by atoms with Crippen LogP contribution in [0.5, 0.6) is 5.75 Å². The van der Waals surface area contributed by atoms with Crippen molar-refractivity contribution < 1.29 is 9.90 Å². The van der Waals surface area contributed by atoms with E-state index >= 15 is 0 Å². The maximum Gasteiger partial charge on any atom is 0.260 e. The van der Waals surface area contributed by atoms with Gasteiger partial charge in [-0.05, 0) is 62.2 Å². The first-order valence-corrected chi connectivity index (χ1v) is 7.61. The molecule has 0 aliphatic rings. The van der Waals surface area contributed by atoms with Gasteiger partial charge in [0.15, 0.2) is 0 Å². The third-order valence-electron chi connectivity index (χ3n) is 2.38. The molecule has 0 heterocycles. The smallest absolute Gasteiger partial charge is 0.260 e. The van der Waals surface area contributed by atoms with Gasteiger partial charge in [-0.3, -0.25) is 4.79 Å². The van der Waals surface area contributed by atoms with Crippen LogP contribution in [0.2, 0.25) is 0 Å². The van der Waals surface area contributed by atoms with Crippen molar-refractivity contribution in [2.24, 2.45) is 0 Å². The highest BCUT2D eigenvalue weighted by molar-refractivity contribution is 9.13. The van der Waals surface area contributed by atoms with E-state index in [0.717, 1.165) is 4.47 Å². The molecule has 0 aromatic heterocycles. The van der Waals surface area contributed by atoms with Gasteiger partial charge in [0.1, 0.15) is 5.75 Å². The van der Waals surface area contributed by atoms with Crippen LogP contribution in [0, 0.1) is 0 Å². The second-order valence-electron chi connectivity index (χ2n) is 3.72. The first kappa shape index (κ1) is 14.6. The van der Waals surface area contributed by atoms with Crippen LogP contribution in [0.1, 0.15) is 10.4 Å². The molecule has 2 aromatic rings. The van der Waals surface area contributed by atoms with Gasteiger partial charge in [-0.1, -0.05) is 22.0 Å². The van der Waals surface area contributed by atoms with E-state index in [2.05, 4.69) is 53.1 Å². The van der Waals surface area contributed by atoms with Crippen molar-refractivity contribution in [3.05, 3.63) is 55.4 Å². The van der Waals surface area contributed by atoms with Gasteiger partial charge in [0.25, 0.3) is 5.91 Å². The largest absolute Gasteiger partial charge is 0.507 e. The highest BCUT2D eigenvalue weighted by Crippen LogP contribution is 2.33. The summed E-state index contributed by atoms with van der Waals surface area (Å²) in [5.74, 6) is -0.466. The summed E-state index contributed by atoms with van der Waals surface area (Å²) in [4.78, 5) is 12.2. The van der Waals surface area contributed by atoms with E-state index in [-0.39, 0.29) is 17.2 Å². The second kappa shape index (κ2) is 6.07. The van der Waals surface area contributed by atoms with Gasteiger partial charge in [0, 0.05) is 19.1 Å². The van der Waals surface area contributed by atoms with Crippen LogP contribution in [-0.4, -0.2) is 11.0 Å². The first-order chi connectivity index (χ1) is 8.99. The van der Waals surface area contributed by atoms with Crippen LogP contribution < -0.4 is 5.32 Å². The fraction of sp³-hybridized carbons (Fsp3) is 0. The SMILES string of the molecule is O=C(Nc1cccc(Br)c1)c1c(O)ccc(Br)c1Br. The average molecular weight is 450 g/mol. The third kappa shape index (κ3) is 3.38. The zero-order chi connectivity index (χ0) is 14.0. The molecule has 2 aromatic carbocycles. The van der Waals surface area contributed by atoms with Crippen molar-refractivity contribution in [2.45, 2.75) is 0 Å². The van der Waals surface area contributed by atoms with E-state index in [1.54, 1.807) is 18.2 Å². The zero-order valence-corrected chi connectivity index (χ0v) is 14.2. The van der Waals surface area contributed by atoms with Crippen molar-refractivity contribution >= 4 is 59.4 Å². The standard InChI is InChI=1S/C13H8Br3NO2/c14-7-2-1-3-8(6-7)17-13(19)11-10(18)5-4-9(15)12(11)16/h1-6,18H,(H,17,19). The lowest BCUT2D eigenvalue weighted by Gasteiger charge is -2.10. The third-order valence-corrected chi connectivity index (χ3v) is 4.89. The molecule has 19 heavy (non-hydrogen) atoms. The van der Waals surface area contributed by atoms with E-state index in [1.807, 2.05) is 12.1 Å². The van der Waals surface area contributed by atoms with Gasteiger partial charge in [-0.15, -0.1) is 0 Å². The summed E-state index contributed by atoms with van der Waals surface area (Å²) in [6, 6.07) is 10.4. The van der Waals surface area contributed by atoms with Crippen molar-refractivity contribution in [3.8, 4) is 5.75 Å². The number of amides is 1. The van der Waals surface area contributed by atoms with Gasteiger partial charge >= 0.3 is 0 Å². The molecule has 2 rings (SSSR count). The highest BCUT2D eigenvalue weighted by Gasteiger charge is 2.17. The topological polar surface area (TPSA) is 49.3 Å². The van der Waals surface area contributed by atoms with E-state index in [0.29, 0.717) is 14.6 Å². The molecule has 0 aliphatic carbocycles. The monoisotopic (exact) mass is 447 g/mol. The number of hydrogen-bond acceptors (Lipinski definition) is 2. The number of rotatable bonds is 2. The van der Waals surface area contributed by atoms with E-state index in [9.17, 15) is 9.90 Å².